The molecule has 106 valence electrons. The van der Waals surface area contributed by atoms with Gasteiger partial charge in [-0.15, -0.1) is 0 Å². The molecule has 0 amide bonds. The summed E-state index contributed by atoms with van der Waals surface area (Å²) in [4.78, 5) is 0. The Morgan fingerprint density at radius 3 is 2.90 bits per heavy atom. The van der Waals surface area contributed by atoms with Crippen LogP contribution in [0.1, 0.15) is 18.4 Å². The second-order valence-electron chi connectivity index (χ2n) is 5.52. The van der Waals surface area contributed by atoms with Crippen LogP contribution in [0.15, 0.2) is 30.6 Å². The molecule has 1 aromatic heterocycles. The van der Waals surface area contributed by atoms with Crippen LogP contribution in [0.4, 0.5) is 0 Å². The van der Waals surface area contributed by atoms with Crippen molar-refractivity contribution in [2.45, 2.75) is 26.3 Å². The van der Waals surface area contributed by atoms with Crippen molar-refractivity contribution in [3.8, 4) is 16.9 Å². The fourth-order valence-electron chi connectivity index (χ4n) is 2.25. The number of benzene rings is 1. The zero-order valence-corrected chi connectivity index (χ0v) is 11.9. The van der Waals surface area contributed by atoms with Gasteiger partial charge in [-0.1, -0.05) is 6.07 Å². The highest BCUT2D eigenvalue weighted by Gasteiger charge is 2.22. The summed E-state index contributed by atoms with van der Waals surface area (Å²) in [5, 5.41) is 4.31. The van der Waals surface area contributed by atoms with Gasteiger partial charge in [0.15, 0.2) is 0 Å². The van der Waals surface area contributed by atoms with Crippen molar-refractivity contribution < 1.29 is 4.74 Å². The van der Waals surface area contributed by atoms with Gasteiger partial charge in [-0.25, -0.2) is 0 Å². The lowest BCUT2D eigenvalue weighted by molar-refractivity contribution is 0.298. The topological polar surface area (TPSA) is 53.1 Å². The van der Waals surface area contributed by atoms with E-state index in [1.165, 1.54) is 24.0 Å². The van der Waals surface area contributed by atoms with E-state index in [1.54, 1.807) is 0 Å². The molecule has 1 fully saturated rings. The third-order valence-electron chi connectivity index (χ3n) is 3.67. The Labute approximate surface area is 119 Å². The average molecular weight is 271 g/mol. The van der Waals surface area contributed by atoms with Crippen LogP contribution in [0.25, 0.3) is 11.1 Å². The lowest BCUT2D eigenvalue weighted by atomic mass is 10.1. The van der Waals surface area contributed by atoms with Crippen molar-refractivity contribution in [2.75, 3.05) is 13.2 Å². The monoisotopic (exact) mass is 271 g/mol. The Morgan fingerprint density at radius 2 is 2.20 bits per heavy atom. The molecule has 2 aromatic rings. The Hall–Kier alpha value is -1.81. The summed E-state index contributed by atoms with van der Waals surface area (Å²) in [6, 6.07) is 6.32. The van der Waals surface area contributed by atoms with Gasteiger partial charge in [0.1, 0.15) is 5.75 Å². The van der Waals surface area contributed by atoms with E-state index in [9.17, 15) is 0 Å². The molecular formula is C16H21N3O. The first kappa shape index (κ1) is 13.2. The minimum Gasteiger partial charge on any atom is -0.493 e. The highest BCUT2D eigenvalue weighted by molar-refractivity contribution is 5.64. The molecule has 1 aliphatic carbocycles. The third kappa shape index (κ3) is 3.02. The van der Waals surface area contributed by atoms with Gasteiger partial charge < -0.3 is 10.5 Å². The number of rotatable bonds is 6. The largest absolute Gasteiger partial charge is 0.493 e. The first-order chi connectivity index (χ1) is 9.76. The summed E-state index contributed by atoms with van der Waals surface area (Å²) in [6.45, 7) is 4.31. The molecule has 0 saturated heterocycles. The van der Waals surface area contributed by atoms with Gasteiger partial charge in [0.05, 0.1) is 19.3 Å². The number of aromatic nitrogens is 2. The van der Waals surface area contributed by atoms with E-state index in [1.807, 2.05) is 17.1 Å². The van der Waals surface area contributed by atoms with Crippen LogP contribution in [0.5, 0.6) is 5.75 Å². The van der Waals surface area contributed by atoms with Crippen LogP contribution in [0.2, 0.25) is 0 Å². The van der Waals surface area contributed by atoms with Gasteiger partial charge in [-0.3, -0.25) is 4.68 Å². The maximum atomic E-state index is 5.86. The molecule has 0 bridgehead atoms. The lowest BCUT2D eigenvalue weighted by Crippen LogP contribution is -2.09. The van der Waals surface area contributed by atoms with Crippen LogP contribution < -0.4 is 10.5 Å². The van der Waals surface area contributed by atoms with E-state index in [4.69, 9.17) is 10.5 Å². The van der Waals surface area contributed by atoms with Crippen LogP contribution >= 0.6 is 0 Å². The Kier molecular flexibility index (Phi) is 3.74. The van der Waals surface area contributed by atoms with Crippen molar-refractivity contribution in [3.63, 3.8) is 0 Å². The minimum atomic E-state index is 0.605. The predicted molar refractivity (Wildman–Crippen MR) is 79.7 cm³/mol. The SMILES string of the molecule is Cc1cc(-c2cnn(CCN)c2)ccc1OCC1CC1. The van der Waals surface area contributed by atoms with Gasteiger partial charge in [0.25, 0.3) is 0 Å². The summed E-state index contributed by atoms with van der Waals surface area (Å²) >= 11 is 0. The molecule has 1 aromatic carbocycles. The van der Waals surface area contributed by atoms with Crippen LogP contribution in [0, 0.1) is 12.8 Å². The van der Waals surface area contributed by atoms with E-state index < -0.39 is 0 Å². The number of hydrogen-bond donors (Lipinski definition) is 1. The fourth-order valence-corrected chi connectivity index (χ4v) is 2.25. The van der Waals surface area contributed by atoms with Crippen LogP contribution in [-0.4, -0.2) is 22.9 Å². The quantitative estimate of drug-likeness (QED) is 0.878. The zero-order valence-electron chi connectivity index (χ0n) is 11.9. The molecule has 4 heteroatoms. The van der Waals surface area contributed by atoms with Gasteiger partial charge in [0.2, 0.25) is 0 Å². The predicted octanol–water partition coefficient (Wildman–Crippen LogP) is 2.61. The molecule has 1 heterocycles. The fraction of sp³-hybridized carbons (Fsp3) is 0.438. The molecular weight excluding hydrogens is 250 g/mol. The molecule has 1 aliphatic rings. The van der Waals surface area contributed by atoms with E-state index in [-0.39, 0.29) is 0 Å². The normalized spacial score (nSPS) is 14.5. The Morgan fingerprint density at radius 1 is 1.35 bits per heavy atom. The molecule has 0 radical (unpaired) electrons. The molecule has 3 rings (SSSR count). The van der Waals surface area contributed by atoms with Crippen molar-refractivity contribution in [3.05, 3.63) is 36.2 Å². The molecule has 2 N–H and O–H groups in total. The molecule has 20 heavy (non-hydrogen) atoms. The van der Waals surface area contributed by atoms with Crippen molar-refractivity contribution in [1.29, 1.82) is 0 Å². The number of hydrogen-bond acceptors (Lipinski definition) is 3. The highest BCUT2D eigenvalue weighted by atomic mass is 16.5. The zero-order chi connectivity index (χ0) is 13.9. The maximum Gasteiger partial charge on any atom is 0.122 e. The van der Waals surface area contributed by atoms with Gasteiger partial charge in [-0.2, -0.15) is 5.10 Å². The van der Waals surface area contributed by atoms with Gasteiger partial charge >= 0.3 is 0 Å². The maximum absolute atomic E-state index is 5.86. The minimum absolute atomic E-state index is 0.605. The van der Waals surface area contributed by atoms with Crippen molar-refractivity contribution >= 4 is 0 Å². The van der Waals surface area contributed by atoms with Crippen LogP contribution in [-0.2, 0) is 6.54 Å². The lowest BCUT2D eigenvalue weighted by Gasteiger charge is -2.09. The van der Waals surface area contributed by atoms with E-state index >= 15 is 0 Å². The average Bonchev–Trinajstić information content (AvgIpc) is 3.16. The molecule has 0 aliphatic heterocycles. The van der Waals surface area contributed by atoms with Gasteiger partial charge in [0, 0.05) is 18.3 Å². The van der Waals surface area contributed by atoms with Crippen molar-refractivity contribution in [2.24, 2.45) is 11.7 Å². The Balaban J connectivity index is 1.73. The summed E-state index contributed by atoms with van der Waals surface area (Å²) in [5.74, 6) is 1.78. The van der Waals surface area contributed by atoms with E-state index in [0.29, 0.717) is 6.54 Å². The summed E-state index contributed by atoms with van der Waals surface area (Å²) in [5.41, 5.74) is 9.01. The second kappa shape index (κ2) is 5.67. The highest BCUT2D eigenvalue weighted by Crippen LogP contribution is 2.31. The number of nitrogens with two attached hydrogens (primary N) is 1. The molecule has 4 nitrogen and oxygen atoms in total. The van der Waals surface area contributed by atoms with Gasteiger partial charge in [-0.05, 0) is 48.9 Å². The third-order valence-corrected chi connectivity index (χ3v) is 3.67. The number of aryl methyl sites for hydroxylation is 1. The number of ether oxygens (including phenoxy) is 1. The Bertz CT molecular complexity index is 587. The van der Waals surface area contributed by atoms with Crippen LogP contribution in [0.3, 0.4) is 0 Å². The van der Waals surface area contributed by atoms with E-state index in [2.05, 4.69) is 30.2 Å². The van der Waals surface area contributed by atoms with E-state index in [0.717, 1.165) is 30.4 Å². The second-order valence-corrected chi connectivity index (χ2v) is 5.52. The smallest absolute Gasteiger partial charge is 0.122 e. The first-order valence-corrected chi connectivity index (χ1v) is 7.22. The molecule has 0 spiro atoms. The summed E-state index contributed by atoms with van der Waals surface area (Å²) in [7, 11) is 0. The standard InChI is InChI=1S/C16H21N3O/c1-12-8-14(15-9-18-19(10-15)7-6-17)4-5-16(12)20-11-13-2-3-13/h4-5,8-10,13H,2-3,6-7,11,17H2,1H3. The molecule has 0 unspecified atom stereocenters. The molecule has 1 saturated carbocycles. The number of nitrogens with zero attached hydrogens (tertiary/aromatic N) is 2. The molecule has 0 atom stereocenters. The summed E-state index contributed by atoms with van der Waals surface area (Å²) < 4.78 is 7.74. The first-order valence-electron chi connectivity index (χ1n) is 7.22. The summed E-state index contributed by atoms with van der Waals surface area (Å²) in [6.07, 6.45) is 6.55. The van der Waals surface area contributed by atoms with Crippen molar-refractivity contribution in [1.82, 2.24) is 9.78 Å².